The van der Waals surface area contributed by atoms with E-state index in [0.717, 1.165) is 30.9 Å². The van der Waals surface area contributed by atoms with Crippen molar-refractivity contribution >= 4 is 5.69 Å². The van der Waals surface area contributed by atoms with E-state index in [9.17, 15) is 0 Å². The normalized spacial score (nSPS) is 9.82. The molecular weight excluding hydrogens is 214 g/mol. The zero-order valence-electron chi connectivity index (χ0n) is 9.35. The summed E-state index contributed by atoms with van der Waals surface area (Å²) in [6, 6.07) is 9.65. The number of benzene rings is 1. The maximum atomic E-state index is 8.91. The van der Waals surface area contributed by atoms with Gasteiger partial charge in [-0.1, -0.05) is 12.1 Å². The van der Waals surface area contributed by atoms with Gasteiger partial charge in [0.15, 0.2) is 0 Å². The van der Waals surface area contributed by atoms with Crippen molar-refractivity contribution < 1.29 is 0 Å². The summed E-state index contributed by atoms with van der Waals surface area (Å²) in [6.07, 6.45) is 3.30. The van der Waals surface area contributed by atoms with Gasteiger partial charge >= 0.3 is 0 Å². The van der Waals surface area contributed by atoms with Crippen LogP contribution in [-0.4, -0.2) is 21.7 Å². The van der Waals surface area contributed by atoms with Gasteiger partial charge in [0.25, 0.3) is 0 Å². The molecule has 0 fully saturated rings. The highest BCUT2D eigenvalue weighted by molar-refractivity contribution is 5.56. The van der Waals surface area contributed by atoms with Crippen molar-refractivity contribution in [3.8, 4) is 6.07 Å². The fourth-order valence-corrected chi connectivity index (χ4v) is 1.56. The van der Waals surface area contributed by atoms with Gasteiger partial charge in [-0.25, -0.2) is 4.98 Å². The van der Waals surface area contributed by atoms with Crippen LogP contribution in [0.1, 0.15) is 17.8 Å². The fraction of sp³-hybridized carbons (Fsp3) is 0.250. The molecular formula is C12H13N5. The van der Waals surface area contributed by atoms with E-state index in [1.807, 2.05) is 18.2 Å². The summed E-state index contributed by atoms with van der Waals surface area (Å²) in [4.78, 5) is 4.05. The number of aromatic nitrogens is 3. The van der Waals surface area contributed by atoms with Crippen molar-refractivity contribution in [1.82, 2.24) is 15.2 Å². The monoisotopic (exact) mass is 227 g/mol. The molecule has 2 rings (SSSR count). The van der Waals surface area contributed by atoms with Gasteiger partial charge in [-0.15, -0.1) is 0 Å². The van der Waals surface area contributed by atoms with Crippen LogP contribution < -0.4 is 5.32 Å². The first-order chi connectivity index (χ1) is 8.40. The van der Waals surface area contributed by atoms with Gasteiger partial charge in [-0.05, 0) is 18.6 Å². The summed E-state index contributed by atoms with van der Waals surface area (Å²) in [7, 11) is 0. The van der Waals surface area contributed by atoms with E-state index in [-0.39, 0.29) is 0 Å². The molecule has 86 valence electrons. The number of hydrogen-bond donors (Lipinski definition) is 2. The molecule has 0 radical (unpaired) electrons. The van der Waals surface area contributed by atoms with Gasteiger partial charge in [0, 0.05) is 13.0 Å². The number of para-hydroxylation sites is 1. The number of nitrogens with one attached hydrogen (secondary N) is 2. The number of nitrogens with zero attached hydrogens (tertiary/aromatic N) is 3. The minimum Gasteiger partial charge on any atom is -0.384 e. The highest BCUT2D eigenvalue weighted by atomic mass is 15.2. The molecule has 2 aromatic rings. The number of rotatable bonds is 5. The smallest absolute Gasteiger partial charge is 0.137 e. The Labute approximate surface area is 99.5 Å². The molecule has 1 heterocycles. The molecule has 1 aromatic carbocycles. The first kappa shape index (κ1) is 11.1. The third-order valence-corrected chi connectivity index (χ3v) is 2.42. The van der Waals surface area contributed by atoms with E-state index in [1.165, 1.54) is 6.33 Å². The molecule has 5 heteroatoms. The van der Waals surface area contributed by atoms with Crippen LogP contribution in [0.4, 0.5) is 5.69 Å². The molecule has 0 atom stereocenters. The van der Waals surface area contributed by atoms with Crippen LogP contribution >= 0.6 is 0 Å². The lowest BCUT2D eigenvalue weighted by atomic mass is 10.2. The van der Waals surface area contributed by atoms with Gasteiger partial charge in [0.05, 0.1) is 11.3 Å². The fourth-order valence-electron chi connectivity index (χ4n) is 1.56. The highest BCUT2D eigenvalue weighted by Crippen LogP contribution is 2.13. The van der Waals surface area contributed by atoms with E-state index >= 15 is 0 Å². The molecule has 1 aromatic heterocycles. The summed E-state index contributed by atoms with van der Waals surface area (Å²) >= 11 is 0. The number of nitriles is 1. The topological polar surface area (TPSA) is 77.4 Å². The molecule has 0 saturated carbocycles. The Balaban J connectivity index is 1.80. The van der Waals surface area contributed by atoms with E-state index in [2.05, 4.69) is 26.6 Å². The maximum absolute atomic E-state index is 8.91. The molecule has 0 saturated heterocycles. The number of aromatic amines is 1. The van der Waals surface area contributed by atoms with E-state index < -0.39 is 0 Å². The Morgan fingerprint density at radius 1 is 1.35 bits per heavy atom. The van der Waals surface area contributed by atoms with E-state index in [4.69, 9.17) is 5.26 Å². The third-order valence-electron chi connectivity index (χ3n) is 2.42. The lowest BCUT2D eigenvalue weighted by Gasteiger charge is -2.06. The van der Waals surface area contributed by atoms with Crippen molar-refractivity contribution in [1.29, 1.82) is 5.26 Å². The number of anilines is 1. The van der Waals surface area contributed by atoms with Crippen LogP contribution in [0.5, 0.6) is 0 Å². The Hall–Kier alpha value is -2.35. The molecule has 0 spiro atoms. The molecule has 0 unspecified atom stereocenters. The highest BCUT2D eigenvalue weighted by Gasteiger charge is 2.00. The largest absolute Gasteiger partial charge is 0.384 e. The van der Waals surface area contributed by atoms with Crippen LogP contribution in [0, 0.1) is 11.3 Å². The Morgan fingerprint density at radius 3 is 3.00 bits per heavy atom. The maximum Gasteiger partial charge on any atom is 0.137 e. The molecule has 0 bridgehead atoms. The summed E-state index contributed by atoms with van der Waals surface area (Å²) in [5.74, 6) is 0.889. The van der Waals surface area contributed by atoms with Gasteiger partial charge in [-0.2, -0.15) is 10.4 Å². The second kappa shape index (κ2) is 5.66. The first-order valence-corrected chi connectivity index (χ1v) is 5.47. The summed E-state index contributed by atoms with van der Waals surface area (Å²) in [6.45, 7) is 0.805. The lowest BCUT2D eigenvalue weighted by Crippen LogP contribution is -2.04. The number of hydrogen-bond acceptors (Lipinski definition) is 4. The zero-order valence-corrected chi connectivity index (χ0v) is 9.35. The Kier molecular flexibility index (Phi) is 3.71. The predicted molar refractivity (Wildman–Crippen MR) is 64.4 cm³/mol. The predicted octanol–water partition coefficient (Wildman–Crippen LogP) is 1.72. The van der Waals surface area contributed by atoms with Crippen LogP contribution in [0.2, 0.25) is 0 Å². The van der Waals surface area contributed by atoms with Gasteiger partial charge in [0.2, 0.25) is 0 Å². The Bertz CT molecular complexity index is 498. The van der Waals surface area contributed by atoms with Crippen molar-refractivity contribution in [2.24, 2.45) is 0 Å². The molecule has 2 N–H and O–H groups in total. The van der Waals surface area contributed by atoms with Gasteiger partial charge in [-0.3, -0.25) is 5.10 Å². The average molecular weight is 227 g/mol. The van der Waals surface area contributed by atoms with Crippen LogP contribution in [0.15, 0.2) is 30.6 Å². The first-order valence-electron chi connectivity index (χ1n) is 5.47. The van der Waals surface area contributed by atoms with Crippen molar-refractivity contribution in [3.05, 3.63) is 42.0 Å². The van der Waals surface area contributed by atoms with Gasteiger partial charge < -0.3 is 5.32 Å². The van der Waals surface area contributed by atoms with Crippen molar-refractivity contribution in [2.45, 2.75) is 12.8 Å². The van der Waals surface area contributed by atoms with Gasteiger partial charge in [0.1, 0.15) is 18.2 Å². The van der Waals surface area contributed by atoms with E-state index in [1.54, 1.807) is 6.07 Å². The summed E-state index contributed by atoms with van der Waals surface area (Å²) in [5, 5.41) is 18.8. The molecule has 5 nitrogen and oxygen atoms in total. The molecule has 17 heavy (non-hydrogen) atoms. The minimum absolute atomic E-state index is 0.673. The van der Waals surface area contributed by atoms with Crippen molar-refractivity contribution in [3.63, 3.8) is 0 Å². The molecule has 0 aliphatic carbocycles. The van der Waals surface area contributed by atoms with E-state index in [0.29, 0.717) is 5.56 Å². The molecule has 0 aliphatic rings. The Morgan fingerprint density at radius 2 is 2.24 bits per heavy atom. The quantitative estimate of drug-likeness (QED) is 0.762. The van der Waals surface area contributed by atoms with Crippen LogP contribution in [0.25, 0.3) is 0 Å². The second-order valence-electron chi connectivity index (χ2n) is 3.62. The zero-order chi connectivity index (χ0) is 11.9. The number of H-pyrrole nitrogens is 1. The summed E-state index contributed by atoms with van der Waals surface area (Å²) in [5.41, 5.74) is 1.56. The molecule has 0 aliphatic heterocycles. The van der Waals surface area contributed by atoms with Crippen LogP contribution in [0.3, 0.4) is 0 Å². The summed E-state index contributed by atoms with van der Waals surface area (Å²) < 4.78 is 0. The van der Waals surface area contributed by atoms with Crippen molar-refractivity contribution in [2.75, 3.05) is 11.9 Å². The standard InChI is InChI=1S/C12H13N5/c13-8-10-4-1-2-5-11(10)14-7-3-6-12-15-9-16-17-12/h1-2,4-5,9,14H,3,6-7H2,(H,15,16,17). The average Bonchev–Trinajstić information content (AvgIpc) is 2.88. The second-order valence-corrected chi connectivity index (χ2v) is 3.62. The minimum atomic E-state index is 0.673. The third kappa shape index (κ3) is 3.05. The molecule has 0 amide bonds. The lowest BCUT2D eigenvalue weighted by molar-refractivity contribution is 0.805. The number of aryl methyl sites for hydroxylation is 1. The van der Waals surface area contributed by atoms with Crippen LogP contribution in [-0.2, 0) is 6.42 Å². The SMILES string of the molecule is N#Cc1ccccc1NCCCc1ncn[nH]1.